The number of ether oxygens (including phenoxy) is 1. The minimum Gasteiger partial charge on any atom is -0.451 e. The second-order valence-electron chi connectivity index (χ2n) is 6.55. The lowest BCUT2D eigenvalue weighted by molar-refractivity contribution is 0.0321. The molecule has 0 fully saturated rings. The molecule has 0 amide bonds. The molecule has 0 saturated heterocycles. The fraction of sp³-hybridized carbons (Fsp3) is 0.0870. The Labute approximate surface area is 167 Å². The first-order valence-corrected chi connectivity index (χ1v) is 9.23. The third-order valence-electron chi connectivity index (χ3n) is 4.50. The van der Waals surface area contributed by atoms with Crippen molar-refractivity contribution in [3.63, 3.8) is 0 Å². The molecule has 0 saturated carbocycles. The first kappa shape index (κ1) is 18.4. The topological polar surface area (TPSA) is 84.1 Å². The van der Waals surface area contributed by atoms with Gasteiger partial charge in [-0.05, 0) is 43.3 Å². The van der Waals surface area contributed by atoms with Gasteiger partial charge in [0.05, 0.1) is 22.2 Å². The van der Waals surface area contributed by atoms with Crippen LogP contribution in [0.5, 0.6) is 0 Å². The van der Waals surface area contributed by atoms with E-state index in [1.165, 1.54) is 0 Å². The molecular weight excluding hydrogens is 366 g/mol. The van der Waals surface area contributed by atoms with Crippen molar-refractivity contribution in [1.82, 2.24) is 9.97 Å². The molecule has 29 heavy (non-hydrogen) atoms. The molecule has 0 radical (unpaired) electrons. The number of nitrogens with one attached hydrogen (secondary N) is 2. The third kappa shape index (κ3) is 4.01. The van der Waals surface area contributed by atoms with Crippen molar-refractivity contribution in [2.45, 2.75) is 13.0 Å². The molecule has 1 heterocycles. The molecule has 1 aromatic heterocycles. The van der Waals surface area contributed by atoms with Gasteiger partial charge in [0.2, 0.25) is 0 Å². The van der Waals surface area contributed by atoms with Gasteiger partial charge in [-0.25, -0.2) is 9.78 Å². The van der Waals surface area contributed by atoms with Crippen molar-refractivity contribution in [3.8, 4) is 0 Å². The van der Waals surface area contributed by atoms with Gasteiger partial charge in [-0.2, -0.15) is 0 Å². The first-order chi connectivity index (χ1) is 14.1. The zero-order chi connectivity index (χ0) is 20.2. The molecular formula is C23H19N3O3. The number of rotatable bonds is 5. The van der Waals surface area contributed by atoms with Crippen LogP contribution in [0, 0.1) is 0 Å². The summed E-state index contributed by atoms with van der Waals surface area (Å²) in [5.74, 6) is -0.206. The van der Waals surface area contributed by atoms with Gasteiger partial charge in [-0.3, -0.25) is 4.79 Å². The molecule has 3 aromatic carbocycles. The summed E-state index contributed by atoms with van der Waals surface area (Å²) >= 11 is 0. The van der Waals surface area contributed by atoms with Crippen molar-refractivity contribution < 1.29 is 9.53 Å². The number of fused-ring (bicyclic) bond motifs is 1. The van der Waals surface area contributed by atoms with Crippen molar-refractivity contribution in [1.29, 1.82) is 0 Å². The highest BCUT2D eigenvalue weighted by molar-refractivity contribution is 5.96. The van der Waals surface area contributed by atoms with E-state index >= 15 is 0 Å². The van der Waals surface area contributed by atoms with Gasteiger partial charge in [-0.1, -0.05) is 42.5 Å². The Hall–Kier alpha value is -3.93. The number of aromatic amines is 1. The van der Waals surface area contributed by atoms with E-state index in [2.05, 4.69) is 15.3 Å². The highest BCUT2D eigenvalue weighted by Gasteiger charge is 2.19. The average molecular weight is 385 g/mol. The number of hydrogen-bond acceptors (Lipinski definition) is 5. The summed E-state index contributed by atoms with van der Waals surface area (Å²) in [6.07, 6.45) is -0.718. The number of nitrogens with zero attached hydrogens (tertiary/aromatic N) is 1. The highest BCUT2D eigenvalue weighted by atomic mass is 16.5. The summed E-state index contributed by atoms with van der Waals surface area (Å²) in [5, 5.41) is 3.72. The van der Waals surface area contributed by atoms with E-state index < -0.39 is 12.1 Å². The van der Waals surface area contributed by atoms with Crippen LogP contribution in [0.15, 0.2) is 83.7 Å². The van der Waals surface area contributed by atoms with E-state index in [9.17, 15) is 9.59 Å². The molecule has 4 aromatic rings. The molecule has 144 valence electrons. The Kier molecular flexibility index (Phi) is 5.07. The fourth-order valence-corrected chi connectivity index (χ4v) is 3.02. The Morgan fingerprint density at radius 2 is 1.66 bits per heavy atom. The van der Waals surface area contributed by atoms with Crippen LogP contribution in [0.2, 0.25) is 0 Å². The van der Waals surface area contributed by atoms with Crippen LogP contribution in [-0.4, -0.2) is 15.9 Å². The molecule has 0 aliphatic heterocycles. The molecule has 1 atom stereocenters. The second-order valence-corrected chi connectivity index (χ2v) is 6.55. The number of benzene rings is 3. The molecule has 2 N–H and O–H groups in total. The monoisotopic (exact) mass is 385 g/mol. The Balaban J connectivity index is 1.58. The van der Waals surface area contributed by atoms with Crippen LogP contribution >= 0.6 is 0 Å². The molecule has 6 heteroatoms. The van der Waals surface area contributed by atoms with Crippen molar-refractivity contribution >= 4 is 28.2 Å². The molecule has 0 aliphatic carbocycles. The van der Waals surface area contributed by atoms with E-state index in [0.717, 1.165) is 5.69 Å². The van der Waals surface area contributed by atoms with E-state index in [1.54, 1.807) is 43.3 Å². The van der Waals surface area contributed by atoms with E-state index in [0.29, 0.717) is 28.0 Å². The number of esters is 1. The molecule has 0 bridgehead atoms. The third-order valence-corrected chi connectivity index (χ3v) is 4.50. The maximum atomic E-state index is 12.8. The minimum absolute atomic E-state index is 0.264. The SMILES string of the molecule is C[C@H](OC(=O)c1ccccc1Nc1ccccc1)c1nc2ccccc2c(=O)[nH]1. The van der Waals surface area contributed by atoms with Gasteiger partial charge in [0, 0.05) is 5.69 Å². The smallest absolute Gasteiger partial charge is 0.340 e. The predicted octanol–water partition coefficient (Wildman–Crippen LogP) is 4.58. The van der Waals surface area contributed by atoms with E-state index in [4.69, 9.17) is 4.74 Å². The summed E-state index contributed by atoms with van der Waals surface area (Å²) in [5.41, 5.74) is 2.18. The molecule has 6 nitrogen and oxygen atoms in total. The van der Waals surface area contributed by atoms with Crippen LogP contribution in [0.1, 0.15) is 29.2 Å². The summed E-state index contributed by atoms with van der Waals surface area (Å²) < 4.78 is 5.59. The van der Waals surface area contributed by atoms with Crippen LogP contribution in [-0.2, 0) is 4.74 Å². The number of carbonyl (C=O) groups is 1. The Morgan fingerprint density at radius 1 is 0.966 bits per heavy atom. The van der Waals surface area contributed by atoms with Crippen LogP contribution in [0.25, 0.3) is 10.9 Å². The zero-order valence-electron chi connectivity index (χ0n) is 15.8. The highest BCUT2D eigenvalue weighted by Crippen LogP contribution is 2.24. The summed E-state index contributed by atoms with van der Waals surface area (Å²) in [7, 11) is 0. The van der Waals surface area contributed by atoms with Gasteiger partial charge < -0.3 is 15.0 Å². The summed E-state index contributed by atoms with van der Waals surface area (Å²) in [6.45, 7) is 1.68. The molecule has 0 unspecified atom stereocenters. The number of carbonyl (C=O) groups excluding carboxylic acids is 1. The van der Waals surface area contributed by atoms with Crippen LogP contribution < -0.4 is 10.9 Å². The second kappa shape index (κ2) is 7.98. The molecule has 4 rings (SSSR count). The predicted molar refractivity (Wildman–Crippen MR) is 112 cm³/mol. The lowest BCUT2D eigenvalue weighted by atomic mass is 10.1. The van der Waals surface area contributed by atoms with Gasteiger partial charge >= 0.3 is 5.97 Å². The number of anilines is 2. The maximum absolute atomic E-state index is 12.8. The lowest BCUT2D eigenvalue weighted by Gasteiger charge is -2.15. The maximum Gasteiger partial charge on any atom is 0.340 e. The Morgan fingerprint density at radius 3 is 2.48 bits per heavy atom. The number of aromatic nitrogens is 2. The van der Waals surface area contributed by atoms with Crippen molar-refractivity contribution in [3.05, 3.63) is 101 Å². The lowest BCUT2D eigenvalue weighted by Crippen LogP contribution is -2.18. The number of para-hydroxylation sites is 3. The zero-order valence-corrected chi connectivity index (χ0v) is 15.8. The molecule has 0 spiro atoms. The normalized spacial score (nSPS) is 11.8. The quantitative estimate of drug-likeness (QED) is 0.491. The van der Waals surface area contributed by atoms with Crippen LogP contribution in [0.3, 0.4) is 0 Å². The largest absolute Gasteiger partial charge is 0.451 e. The van der Waals surface area contributed by atoms with E-state index in [-0.39, 0.29) is 5.56 Å². The van der Waals surface area contributed by atoms with Gasteiger partial charge in [0.15, 0.2) is 11.9 Å². The van der Waals surface area contributed by atoms with Crippen molar-refractivity contribution in [2.24, 2.45) is 0 Å². The summed E-state index contributed by atoms with van der Waals surface area (Å²) in [6, 6.07) is 23.7. The van der Waals surface area contributed by atoms with Gasteiger partial charge in [-0.15, -0.1) is 0 Å². The molecule has 0 aliphatic rings. The van der Waals surface area contributed by atoms with Crippen molar-refractivity contribution in [2.75, 3.05) is 5.32 Å². The van der Waals surface area contributed by atoms with E-state index in [1.807, 2.05) is 42.5 Å². The average Bonchev–Trinajstić information content (AvgIpc) is 2.75. The first-order valence-electron chi connectivity index (χ1n) is 9.23. The minimum atomic E-state index is -0.718. The summed E-state index contributed by atoms with van der Waals surface area (Å²) in [4.78, 5) is 32.2. The fourth-order valence-electron chi connectivity index (χ4n) is 3.02. The standard InChI is InChI=1S/C23H19N3O3/c1-15(21-25-19-13-7-5-11-17(19)22(27)26-21)29-23(28)18-12-6-8-14-20(18)24-16-9-3-2-4-10-16/h2-15,24H,1H3,(H,25,26,27)/t15-/m0/s1. The van der Waals surface area contributed by atoms with Gasteiger partial charge in [0.1, 0.15) is 0 Å². The number of hydrogen-bond donors (Lipinski definition) is 2. The van der Waals surface area contributed by atoms with Gasteiger partial charge in [0.25, 0.3) is 5.56 Å². The Bertz CT molecular complexity index is 1220. The van der Waals surface area contributed by atoms with Crippen LogP contribution in [0.4, 0.5) is 11.4 Å². The number of H-pyrrole nitrogens is 1.